The molecule has 1 aliphatic rings. The van der Waals surface area contributed by atoms with E-state index in [-0.39, 0.29) is 10.8 Å². The van der Waals surface area contributed by atoms with Gasteiger partial charge < -0.3 is 9.47 Å². The van der Waals surface area contributed by atoms with Crippen molar-refractivity contribution in [1.82, 2.24) is 10.2 Å². The van der Waals surface area contributed by atoms with Crippen molar-refractivity contribution in [1.29, 1.82) is 5.41 Å². The highest BCUT2D eigenvalue weighted by Crippen LogP contribution is 2.43. The number of Topliss-reactive ketones (excluding diaryl/α,β-unsaturated/α-hetero) is 1. The van der Waals surface area contributed by atoms with Gasteiger partial charge in [-0.25, -0.2) is 0 Å². The number of hydrogen-bond donors (Lipinski definition) is 1. The number of rotatable bonds is 7. The summed E-state index contributed by atoms with van der Waals surface area (Å²) in [6.45, 7) is 2.38. The van der Waals surface area contributed by atoms with E-state index in [9.17, 15) is 4.79 Å². The first-order valence-electron chi connectivity index (χ1n) is 9.98. The molecule has 0 amide bonds. The molecular weight excluding hydrogens is 590 g/mol. The first-order chi connectivity index (χ1) is 15.9. The molecule has 2 heterocycles. The van der Waals surface area contributed by atoms with Crippen LogP contribution in [0.1, 0.15) is 34.0 Å². The van der Waals surface area contributed by atoms with E-state index in [0.717, 1.165) is 38.8 Å². The molecule has 1 N–H and O–H groups in total. The van der Waals surface area contributed by atoms with E-state index in [0.29, 0.717) is 32.5 Å². The fraction of sp³-hybridized carbons (Fsp3) is 0.217. The second kappa shape index (κ2) is 10.5. The first-order valence-corrected chi connectivity index (χ1v) is 13.2. The molecule has 0 aliphatic carbocycles. The van der Waals surface area contributed by atoms with Gasteiger partial charge in [-0.3, -0.25) is 10.2 Å². The molecule has 0 spiro atoms. The Kier molecular flexibility index (Phi) is 7.68. The van der Waals surface area contributed by atoms with Crippen molar-refractivity contribution in [2.24, 2.45) is 0 Å². The molecule has 0 bridgehead atoms. The summed E-state index contributed by atoms with van der Waals surface area (Å²) in [4.78, 5) is 13.5. The van der Waals surface area contributed by atoms with Gasteiger partial charge in [-0.2, -0.15) is 0 Å². The van der Waals surface area contributed by atoms with Gasteiger partial charge in [0.1, 0.15) is 22.5 Å². The third kappa shape index (κ3) is 5.40. The van der Waals surface area contributed by atoms with Crippen LogP contribution in [0.25, 0.3) is 6.08 Å². The van der Waals surface area contributed by atoms with Crippen LogP contribution in [-0.4, -0.2) is 28.1 Å². The van der Waals surface area contributed by atoms with Gasteiger partial charge in [0.25, 0.3) is 0 Å². The van der Waals surface area contributed by atoms with E-state index in [2.05, 4.69) is 42.1 Å². The van der Waals surface area contributed by atoms with E-state index < -0.39 is 5.92 Å². The highest BCUT2D eigenvalue weighted by atomic mass is 79.9. The number of halogens is 2. The van der Waals surface area contributed by atoms with Crippen molar-refractivity contribution in [3.05, 3.63) is 71.4 Å². The van der Waals surface area contributed by atoms with Crippen molar-refractivity contribution in [2.75, 3.05) is 7.11 Å². The Balaban J connectivity index is 1.56. The molecule has 6 nitrogen and oxygen atoms in total. The largest absolute Gasteiger partial charge is 0.493 e. The smallest absolute Gasteiger partial charge is 0.186 e. The Morgan fingerprint density at radius 2 is 1.94 bits per heavy atom. The Morgan fingerprint density at radius 1 is 1.18 bits per heavy atom. The van der Waals surface area contributed by atoms with Crippen molar-refractivity contribution in [3.63, 3.8) is 0 Å². The van der Waals surface area contributed by atoms with E-state index in [1.807, 2.05) is 43.3 Å². The van der Waals surface area contributed by atoms with E-state index >= 15 is 0 Å². The number of nitrogens with one attached hydrogen (secondary N) is 1. The minimum atomic E-state index is -0.669. The predicted molar refractivity (Wildman–Crippen MR) is 139 cm³/mol. The fourth-order valence-corrected chi connectivity index (χ4v) is 5.98. The molecule has 170 valence electrons. The molecule has 1 saturated heterocycles. The molecule has 3 aromatic rings. The number of methoxy groups -OCH3 is 1. The summed E-state index contributed by atoms with van der Waals surface area (Å²) in [7, 11) is 1.58. The Labute approximate surface area is 216 Å². The van der Waals surface area contributed by atoms with E-state index in [4.69, 9.17) is 14.9 Å². The summed E-state index contributed by atoms with van der Waals surface area (Å²) in [6, 6.07) is 11.6. The number of carbonyl (C=O) groups is 1. The van der Waals surface area contributed by atoms with Gasteiger partial charge in [-0.05, 0) is 63.8 Å². The van der Waals surface area contributed by atoms with Gasteiger partial charge in [0.05, 0.1) is 21.5 Å². The summed E-state index contributed by atoms with van der Waals surface area (Å²) in [5.74, 6) is 0.332. The van der Waals surface area contributed by atoms with Crippen LogP contribution < -0.4 is 9.47 Å². The SMILES string of the molecule is CCc1nnc([C@H]2C(=N)S/C(=C\c3cc(Br)c(OCc4ccc(Br)cc4)c(OC)c3)C2=O)s1. The van der Waals surface area contributed by atoms with Crippen LogP contribution in [0.15, 0.2) is 50.2 Å². The lowest BCUT2D eigenvalue weighted by atomic mass is 10.0. The molecule has 10 heteroatoms. The van der Waals surface area contributed by atoms with E-state index in [1.54, 1.807) is 13.2 Å². The van der Waals surface area contributed by atoms with Crippen LogP contribution in [0.2, 0.25) is 0 Å². The number of hydrogen-bond acceptors (Lipinski definition) is 8. The lowest BCUT2D eigenvalue weighted by Crippen LogP contribution is -2.11. The maximum Gasteiger partial charge on any atom is 0.186 e. The van der Waals surface area contributed by atoms with Crippen LogP contribution in [-0.2, 0) is 17.8 Å². The number of carbonyl (C=O) groups excluding carboxylic acids is 1. The van der Waals surface area contributed by atoms with Crippen LogP contribution in [0.4, 0.5) is 0 Å². The fourth-order valence-electron chi connectivity index (χ4n) is 3.19. The maximum absolute atomic E-state index is 13.0. The number of ketones is 1. The van der Waals surface area contributed by atoms with Gasteiger partial charge >= 0.3 is 0 Å². The van der Waals surface area contributed by atoms with Crippen molar-refractivity contribution < 1.29 is 14.3 Å². The van der Waals surface area contributed by atoms with Gasteiger partial charge in [0, 0.05) is 4.47 Å². The average molecular weight is 609 g/mol. The Morgan fingerprint density at radius 3 is 2.61 bits per heavy atom. The quantitative estimate of drug-likeness (QED) is 0.303. The zero-order valence-corrected chi connectivity index (χ0v) is 22.5. The molecule has 4 rings (SSSR count). The predicted octanol–water partition coefficient (Wildman–Crippen LogP) is 6.63. The first kappa shape index (κ1) is 24.1. The molecule has 33 heavy (non-hydrogen) atoms. The Bertz CT molecular complexity index is 1240. The second-order valence-corrected chi connectivity index (χ2v) is 11.1. The summed E-state index contributed by atoms with van der Waals surface area (Å²) in [5.41, 5.74) is 1.80. The number of nitrogens with zero attached hydrogens (tertiary/aromatic N) is 2. The lowest BCUT2D eigenvalue weighted by Gasteiger charge is -2.14. The summed E-state index contributed by atoms with van der Waals surface area (Å²) >= 11 is 9.55. The minimum Gasteiger partial charge on any atom is -0.493 e. The van der Waals surface area contributed by atoms with Gasteiger partial charge in [0.15, 0.2) is 17.3 Å². The molecule has 2 aromatic carbocycles. The van der Waals surface area contributed by atoms with Crippen LogP contribution >= 0.6 is 55.0 Å². The molecule has 0 saturated carbocycles. The van der Waals surface area contributed by atoms with E-state index in [1.165, 1.54) is 11.3 Å². The summed E-state index contributed by atoms with van der Waals surface area (Å²) in [5, 5.41) is 18.3. The minimum absolute atomic E-state index is 0.130. The monoisotopic (exact) mass is 607 g/mol. The number of aromatic nitrogens is 2. The van der Waals surface area contributed by atoms with Crippen LogP contribution in [0, 0.1) is 5.41 Å². The number of aryl methyl sites for hydroxylation is 1. The highest BCUT2D eigenvalue weighted by Gasteiger charge is 2.39. The maximum atomic E-state index is 13.0. The standard InChI is InChI=1S/C23H19Br2N3O3S2/c1-3-18-27-28-23(33-18)19-20(29)17(32-22(19)26)10-13-8-15(25)21(16(9-13)30-2)31-11-12-4-6-14(24)7-5-12/h4-10,19,26H,3,11H2,1-2H3/b17-10-,26-22?/t19-/m1/s1. The number of allylic oxidation sites excluding steroid dienone is 1. The van der Waals surface area contributed by atoms with Crippen molar-refractivity contribution in [3.8, 4) is 11.5 Å². The van der Waals surface area contributed by atoms with Crippen molar-refractivity contribution >= 4 is 71.9 Å². The second-order valence-electron chi connectivity index (χ2n) is 7.11. The van der Waals surface area contributed by atoms with Crippen molar-refractivity contribution in [2.45, 2.75) is 25.9 Å². The topological polar surface area (TPSA) is 85.2 Å². The zero-order valence-electron chi connectivity index (χ0n) is 17.7. The van der Waals surface area contributed by atoms with Gasteiger partial charge in [-0.15, -0.1) is 21.5 Å². The number of thioether (sulfide) groups is 1. The lowest BCUT2D eigenvalue weighted by molar-refractivity contribution is -0.114. The normalized spacial score (nSPS) is 17.1. The Hall–Kier alpha value is -2.01. The zero-order chi connectivity index (χ0) is 23.5. The molecule has 1 fully saturated rings. The number of benzene rings is 2. The van der Waals surface area contributed by atoms with Gasteiger partial charge in [0.2, 0.25) is 0 Å². The average Bonchev–Trinajstić information content (AvgIpc) is 3.37. The molecule has 0 radical (unpaired) electrons. The molecule has 1 aromatic heterocycles. The molecule has 0 unspecified atom stereocenters. The third-order valence-corrected chi connectivity index (χ3v) is 8.11. The summed E-state index contributed by atoms with van der Waals surface area (Å²) in [6.07, 6.45) is 2.53. The molecule has 1 aliphatic heterocycles. The van der Waals surface area contributed by atoms with Gasteiger partial charge in [-0.1, -0.05) is 46.7 Å². The van der Waals surface area contributed by atoms with Crippen LogP contribution in [0.3, 0.4) is 0 Å². The molecular formula is C23H19Br2N3O3S2. The number of ether oxygens (including phenoxy) is 2. The molecule has 1 atom stereocenters. The third-order valence-electron chi connectivity index (χ3n) is 4.86. The van der Waals surface area contributed by atoms with Crippen LogP contribution in [0.5, 0.6) is 11.5 Å². The highest BCUT2D eigenvalue weighted by molar-refractivity contribution is 9.10. The summed E-state index contributed by atoms with van der Waals surface area (Å²) < 4.78 is 13.3.